The van der Waals surface area contributed by atoms with Crippen LogP contribution in [0.25, 0.3) is 0 Å². The fourth-order valence-electron chi connectivity index (χ4n) is 5.79. The third-order valence-electron chi connectivity index (χ3n) is 7.96. The van der Waals surface area contributed by atoms with Crippen LogP contribution in [-0.4, -0.2) is 85.7 Å². The van der Waals surface area contributed by atoms with Crippen molar-refractivity contribution < 1.29 is 18.3 Å². The van der Waals surface area contributed by atoms with Crippen LogP contribution in [-0.2, 0) is 6.54 Å². The summed E-state index contributed by atoms with van der Waals surface area (Å²) < 4.78 is 33.0. The lowest BCUT2D eigenvalue weighted by molar-refractivity contribution is 0.138. The minimum atomic E-state index is -2.72. The maximum absolute atomic E-state index is 13.7. The van der Waals surface area contributed by atoms with Crippen molar-refractivity contribution in [2.75, 3.05) is 73.9 Å². The predicted molar refractivity (Wildman–Crippen MR) is 155 cm³/mol. The number of benzene rings is 2. The van der Waals surface area contributed by atoms with Gasteiger partial charge >= 0.3 is 6.03 Å². The number of hydrogen-bond donors (Lipinski definition) is 2. The van der Waals surface area contributed by atoms with Gasteiger partial charge in [0.05, 0.1) is 31.9 Å². The fourth-order valence-corrected chi connectivity index (χ4v) is 5.79. The molecule has 1 aromatic heterocycles. The second-order valence-electron chi connectivity index (χ2n) is 10.6. The molecule has 41 heavy (non-hydrogen) atoms. The van der Waals surface area contributed by atoms with Gasteiger partial charge in [-0.1, -0.05) is 12.1 Å². The number of urea groups is 1. The second-order valence-corrected chi connectivity index (χ2v) is 10.6. The molecule has 12 heteroatoms. The standard InChI is InChI=1S/C29H34F2N8O2/c1-36-12-14-37(15-13-36)21-8-6-20(7-9-21)34-28-33-16-19-17-38(29(40)39(18-25(30)31)27(19)35-28)23-10-11-32-26-22(23)4-3-5-24(26)41-2/h3-9,16,23,25,32H,10-15,17-18H2,1-2H3,(H,33,34,35). The summed E-state index contributed by atoms with van der Waals surface area (Å²) in [6, 6.07) is 12.8. The van der Waals surface area contributed by atoms with Crippen molar-refractivity contribution in [3.63, 3.8) is 0 Å². The number of ether oxygens (including phenoxy) is 1. The number of anilines is 5. The van der Waals surface area contributed by atoms with Crippen molar-refractivity contribution in [2.24, 2.45) is 0 Å². The second kappa shape index (κ2) is 11.4. The van der Waals surface area contributed by atoms with Gasteiger partial charge in [-0.3, -0.25) is 4.90 Å². The number of piperazine rings is 1. The Kier molecular flexibility index (Phi) is 7.48. The van der Waals surface area contributed by atoms with Crippen LogP contribution in [0.3, 0.4) is 0 Å². The Labute approximate surface area is 237 Å². The number of alkyl halides is 2. The normalized spacial score (nSPS) is 19.1. The summed E-state index contributed by atoms with van der Waals surface area (Å²) in [4.78, 5) is 30.1. The van der Waals surface area contributed by atoms with E-state index in [0.717, 1.165) is 53.7 Å². The molecular weight excluding hydrogens is 530 g/mol. The largest absolute Gasteiger partial charge is 0.495 e. The summed E-state index contributed by atoms with van der Waals surface area (Å²) in [5.74, 6) is 1.13. The van der Waals surface area contributed by atoms with Gasteiger partial charge in [0, 0.05) is 61.4 Å². The lowest BCUT2D eigenvalue weighted by Gasteiger charge is -2.42. The summed E-state index contributed by atoms with van der Waals surface area (Å²) in [5, 5.41) is 6.52. The zero-order chi connectivity index (χ0) is 28.5. The number of nitrogens with one attached hydrogen (secondary N) is 2. The highest BCUT2D eigenvalue weighted by atomic mass is 19.3. The number of hydrogen-bond acceptors (Lipinski definition) is 8. The van der Waals surface area contributed by atoms with Gasteiger partial charge in [0.2, 0.25) is 5.95 Å². The molecule has 3 aliphatic rings. The van der Waals surface area contributed by atoms with E-state index in [4.69, 9.17) is 4.74 Å². The zero-order valence-electron chi connectivity index (χ0n) is 23.2. The number of halogens is 2. The SMILES string of the molecule is COc1cccc2c1NCCC2N1Cc2cnc(Nc3ccc(N4CCN(C)CC4)cc3)nc2N(CC(F)F)C1=O. The summed E-state index contributed by atoms with van der Waals surface area (Å²) in [6.45, 7) is 4.07. The molecule has 1 saturated heterocycles. The van der Waals surface area contributed by atoms with Crippen molar-refractivity contribution >= 4 is 34.9 Å². The van der Waals surface area contributed by atoms with E-state index in [1.54, 1.807) is 18.2 Å². The topological polar surface area (TPSA) is 89.1 Å². The number of para-hydroxylation sites is 1. The molecular formula is C29H34F2N8O2. The quantitative estimate of drug-likeness (QED) is 0.433. The Morgan fingerprint density at radius 1 is 1.12 bits per heavy atom. The Bertz CT molecular complexity index is 1400. The van der Waals surface area contributed by atoms with Crippen molar-refractivity contribution in [3.05, 3.63) is 59.8 Å². The van der Waals surface area contributed by atoms with Crippen LogP contribution >= 0.6 is 0 Å². The van der Waals surface area contributed by atoms with Gasteiger partial charge in [-0.15, -0.1) is 0 Å². The van der Waals surface area contributed by atoms with Crippen molar-refractivity contribution in [2.45, 2.75) is 25.4 Å². The third kappa shape index (κ3) is 5.43. The molecule has 10 nitrogen and oxygen atoms in total. The van der Waals surface area contributed by atoms with Gasteiger partial charge in [-0.2, -0.15) is 4.98 Å². The zero-order valence-corrected chi connectivity index (χ0v) is 23.2. The van der Waals surface area contributed by atoms with Crippen LogP contribution in [0.4, 0.5) is 42.4 Å². The van der Waals surface area contributed by atoms with E-state index in [9.17, 15) is 13.6 Å². The lowest BCUT2D eigenvalue weighted by atomic mass is 9.95. The number of amides is 2. The van der Waals surface area contributed by atoms with E-state index in [2.05, 4.69) is 37.4 Å². The fraction of sp³-hybridized carbons (Fsp3) is 0.414. The molecule has 3 aromatic rings. The summed E-state index contributed by atoms with van der Waals surface area (Å²) in [7, 11) is 3.72. The van der Waals surface area contributed by atoms with Crippen molar-refractivity contribution in [1.82, 2.24) is 19.8 Å². The van der Waals surface area contributed by atoms with Gasteiger partial charge in [-0.05, 0) is 43.8 Å². The van der Waals surface area contributed by atoms with Gasteiger partial charge in [0.1, 0.15) is 11.6 Å². The number of methoxy groups -OCH3 is 1. The van der Waals surface area contributed by atoms with Crippen LogP contribution in [0.5, 0.6) is 5.75 Å². The molecule has 0 spiro atoms. The first-order chi connectivity index (χ1) is 19.9. The number of nitrogens with zero attached hydrogens (tertiary/aromatic N) is 6. The number of rotatable bonds is 7. The van der Waals surface area contributed by atoms with Crippen LogP contribution in [0.2, 0.25) is 0 Å². The molecule has 4 heterocycles. The van der Waals surface area contributed by atoms with Crippen molar-refractivity contribution in [1.29, 1.82) is 0 Å². The highest BCUT2D eigenvalue weighted by Gasteiger charge is 2.39. The molecule has 0 aliphatic carbocycles. The molecule has 1 atom stereocenters. The summed E-state index contributed by atoms with van der Waals surface area (Å²) >= 11 is 0. The molecule has 2 amide bonds. The van der Waals surface area contributed by atoms with Gasteiger partial charge in [-0.25, -0.2) is 18.6 Å². The smallest absolute Gasteiger partial charge is 0.326 e. The van der Waals surface area contributed by atoms with Gasteiger partial charge < -0.3 is 30.1 Å². The van der Waals surface area contributed by atoms with E-state index >= 15 is 0 Å². The molecule has 3 aliphatic heterocycles. The van der Waals surface area contributed by atoms with Gasteiger partial charge in [0.15, 0.2) is 0 Å². The summed E-state index contributed by atoms with van der Waals surface area (Å²) in [5.41, 5.74) is 4.24. The number of carbonyl (C=O) groups is 1. The van der Waals surface area contributed by atoms with Gasteiger partial charge in [0.25, 0.3) is 6.43 Å². The first kappa shape index (κ1) is 27.0. The monoisotopic (exact) mass is 564 g/mol. The molecule has 0 radical (unpaired) electrons. The number of aromatic nitrogens is 2. The Hall–Kier alpha value is -4.19. The number of carbonyl (C=O) groups excluding carboxylic acids is 1. The molecule has 0 saturated carbocycles. The molecule has 6 rings (SSSR count). The molecule has 1 fully saturated rings. The predicted octanol–water partition coefficient (Wildman–Crippen LogP) is 4.54. The molecule has 0 bridgehead atoms. The number of fused-ring (bicyclic) bond motifs is 2. The van der Waals surface area contributed by atoms with E-state index < -0.39 is 19.0 Å². The first-order valence-corrected chi connectivity index (χ1v) is 13.8. The third-order valence-corrected chi connectivity index (χ3v) is 7.96. The van der Waals surface area contributed by atoms with Crippen LogP contribution in [0, 0.1) is 0 Å². The average Bonchev–Trinajstić information content (AvgIpc) is 2.99. The lowest BCUT2D eigenvalue weighted by Crippen LogP contribution is -2.51. The van der Waals surface area contributed by atoms with Crippen LogP contribution in [0.1, 0.15) is 23.6 Å². The van der Waals surface area contributed by atoms with Crippen LogP contribution < -0.4 is 25.2 Å². The molecule has 1 unspecified atom stereocenters. The van der Waals surface area contributed by atoms with E-state index in [0.29, 0.717) is 24.3 Å². The Morgan fingerprint density at radius 2 is 1.90 bits per heavy atom. The van der Waals surface area contributed by atoms with E-state index in [1.165, 1.54) is 0 Å². The molecule has 2 N–H and O–H groups in total. The first-order valence-electron chi connectivity index (χ1n) is 13.8. The van der Waals surface area contributed by atoms with E-state index in [-0.39, 0.29) is 24.4 Å². The highest BCUT2D eigenvalue weighted by Crippen LogP contribution is 2.42. The van der Waals surface area contributed by atoms with Crippen LogP contribution in [0.15, 0.2) is 48.7 Å². The summed E-state index contributed by atoms with van der Waals surface area (Å²) in [6.07, 6.45) is -0.469. The maximum Gasteiger partial charge on any atom is 0.326 e. The maximum atomic E-state index is 13.7. The molecule has 2 aromatic carbocycles. The molecule has 216 valence electrons. The average molecular weight is 565 g/mol. The number of likely N-dealkylation sites (N-methyl/N-ethyl adjacent to an activating group) is 1. The van der Waals surface area contributed by atoms with Crippen molar-refractivity contribution in [3.8, 4) is 5.75 Å². The Balaban J connectivity index is 1.25. The minimum Gasteiger partial charge on any atom is -0.495 e. The Morgan fingerprint density at radius 3 is 2.63 bits per heavy atom. The minimum absolute atomic E-state index is 0.206. The van der Waals surface area contributed by atoms with E-state index in [1.807, 2.05) is 42.5 Å². The highest BCUT2D eigenvalue weighted by molar-refractivity contribution is 5.94.